The van der Waals surface area contributed by atoms with E-state index >= 15 is 0 Å². The van der Waals surface area contributed by atoms with Crippen molar-refractivity contribution in [1.29, 1.82) is 0 Å². The van der Waals surface area contributed by atoms with Gasteiger partial charge in [-0.3, -0.25) is 4.90 Å². The van der Waals surface area contributed by atoms with E-state index in [4.69, 9.17) is 4.74 Å². The number of aryl methyl sites for hydroxylation is 1. The minimum atomic E-state index is -0.828. The fourth-order valence-electron chi connectivity index (χ4n) is 5.96. The Bertz CT molecular complexity index is 975. The zero-order valence-corrected chi connectivity index (χ0v) is 18.8. The maximum atomic E-state index is 12.5. The molecule has 4 rings (SSSR count). The maximum Gasteiger partial charge on any atom is 0.408 e. The standard InChI is InChI=1S/C26H33NO3/c1-17-10-11-22(21-14-19-8-6-7-9-20(19)23(17)21)26(25(2,3)4)15-18(16-30-5)12-13-27(26)24(28)29/h6-11,18H,12-16H2,1-5H3,(H,28,29). The normalized spacial score (nSPS) is 23.2. The highest BCUT2D eigenvalue weighted by molar-refractivity contribution is 5.81. The third-order valence-corrected chi connectivity index (χ3v) is 7.30. The van der Waals surface area contributed by atoms with Crippen molar-refractivity contribution in [3.05, 3.63) is 58.7 Å². The molecule has 2 atom stereocenters. The van der Waals surface area contributed by atoms with E-state index in [-0.39, 0.29) is 5.41 Å². The average molecular weight is 408 g/mol. The predicted octanol–water partition coefficient (Wildman–Crippen LogP) is 5.84. The van der Waals surface area contributed by atoms with Crippen LogP contribution in [0.3, 0.4) is 0 Å². The quantitative estimate of drug-likeness (QED) is 0.593. The van der Waals surface area contributed by atoms with Crippen LogP contribution in [0.1, 0.15) is 55.9 Å². The molecular formula is C26H33NO3. The number of carboxylic acid groups (broad SMARTS) is 1. The molecule has 1 aliphatic carbocycles. The fraction of sp³-hybridized carbons (Fsp3) is 0.500. The lowest BCUT2D eigenvalue weighted by Gasteiger charge is -2.56. The van der Waals surface area contributed by atoms with Crippen molar-refractivity contribution >= 4 is 6.09 Å². The molecule has 0 radical (unpaired) electrons. The molecule has 160 valence electrons. The fourth-order valence-corrected chi connectivity index (χ4v) is 5.96. The molecule has 2 aromatic rings. The van der Waals surface area contributed by atoms with Gasteiger partial charge in [0.15, 0.2) is 0 Å². The molecule has 1 saturated heterocycles. The summed E-state index contributed by atoms with van der Waals surface area (Å²) in [7, 11) is 1.74. The molecule has 1 aliphatic heterocycles. The van der Waals surface area contributed by atoms with Crippen molar-refractivity contribution < 1.29 is 14.6 Å². The highest BCUT2D eigenvalue weighted by Crippen LogP contribution is 2.55. The molecule has 0 aromatic heterocycles. The first-order valence-electron chi connectivity index (χ1n) is 10.9. The molecule has 0 bridgehead atoms. The Morgan fingerprint density at radius 1 is 1.23 bits per heavy atom. The summed E-state index contributed by atoms with van der Waals surface area (Å²) in [6, 6.07) is 13.0. The zero-order valence-electron chi connectivity index (χ0n) is 18.8. The molecule has 2 aromatic carbocycles. The van der Waals surface area contributed by atoms with E-state index < -0.39 is 11.6 Å². The van der Waals surface area contributed by atoms with E-state index in [0.717, 1.165) is 19.3 Å². The molecule has 4 nitrogen and oxygen atoms in total. The molecule has 1 fully saturated rings. The van der Waals surface area contributed by atoms with Gasteiger partial charge < -0.3 is 9.84 Å². The summed E-state index contributed by atoms with van der Waals surface area (Å²) in [5, 5.41) is 10.3. The smallest absolute Gasteiger partial charge is 0.408 e. The number of piperidine rings is 1. The Balaban J connectivity index is 1.98. The second-order valence-corrected chi connectivity index (χ2v) is 9.98. The van der Waals surface area contributed by atoms with Crippen LogP contribution in [0.5, 0.6) is 0 Å². The van der Waals surface area contributed by atoms with Gasteiger partial charge in [-0.25, -0.2) is 4.79 Å². The Morgan fingerprint density at radius 2 is 1.97 bits per heavy atom. The van der Waals surface area contributed by atoms with Gasteiger partial charge in [0.2, 0.25) is 0 Å². The number of fused-ring (bicyclic) bond motifs is 3. The largest absolute Gasteiger partial charge is 0.465 e. The van der Waals surface area contributed by atoms with Crippen molar-refractivity contribution in [3.8, 4) is 11.1 Å². The summed E-state index contributed by atoms with van der Waals surface area (Å²) in [6.45, 7) is 9.93. The van der Waals surface area contributed by atoms with E-state index in [0.29, 0.717) is 19.1 Å². The number of likely N-dealkylation sites (tertiary alicyclic amines) is 1. The predicted molar refractivity (Wildman–Crippen MR) is 120 cm³/mol. The van der Waals surface area contributed by atoms with Crippen LogP contribution in [-0.2, 0) is 16.7 Å². The highest BCUT2D eigenvalue weighted by Gasteiger charge is 2.54. The Labute approximate surface area is 179 Å². The second-order valence-electron chi connectivity index (χ2n) is 9.98. The number of hydrogen-bond donors (Lipinski definition) is 1. The molecule has 0 spiro atoms. The van der Waals surface area contributed by atoms with Gasteiger partial charge in [0.05, 0.1) is 5.54 Å². The monoisotopic (exact) mass is 407 g/mol. The van der Waals surface area contributed by atoms with Crippen LogP contribution in [-0.4, -0.2) is 36.4 Å². The number of amides is 1. The third kappa shape index (κ3) is 3.04. The molecule has 30 heavy (non-hydrogen) atoms. The molecule has 1 N–H and O–H groups in total. The van der Waals surface area contributed by atoms with Gasteiger partial charge >= 0.3 is 6.09 Å². The van der Waals surface area contributed by atoms with E-state index in [1.165, 1.54) is 33.4 Å². The Morgan fingerprint density at radius 3 is 2.63 bits per heavy atom. The number of ether oxygens (including phenoxy) is 1. The van der Waals surface area contributed by atoms with Gasteiger partial charge in [-0.1, -0.05) is 57.2 Å². The number of benzene rings is 2. The van der Waals surface area contributed by atoms with Crippen molar-refractivity contribution in [1.82, 2.24) is 4.90 Å². The van der Waals surface area contributed by atoms with Gasteiger partial charge in [-0.2, -0.15) is 0 Å². The maximum absolute atomic E-state index is 12.5. The Kier molecular flexibility index (Phi) is 5.17. The van der Waals surface area contributed by atoms with Crippen LogP contribution < -0.4 is 0 Å². The molecule has 2 unspecified atom stereocenters. The number of rotatable bonds is 3. The van der Waals surface area contributed by atoms with E-state index in [1.54, 1.807) is 12.0 Å². The molecule has 1 amide bonds. The third-order valence-electron chi connectivity index (χ3n) is 7.30. The highest BCUT2D eigenvalue weighted by atomic mass is 16.5. The summed E-state index contributed by atoms with van der Waals surface area (Å²) in [6.07, 6.45) is 1.66. The number of methoxy groups -OCH3 is 1. The first-order valence-corrected chi connectivity index (χ1v) is 10.9. The van der Waals surface area contributed by atoms with Crippen LogP contribution in [0.2, 0.25) is 0 Å². The van der Waals surface area contributed by atoms with Gasteiger partial charge in [-0.05, 0) is 70.9 Å². The van der Waals surface area contributed by atoms with Gasteiger partial charge in [0, 0.05) is 20.3 Å². The minimum Gasteiger partial charge on any atom is -0.465 e. The van der Waals surface area contributed by atoms with Gasteiger partial charge in [0.25, 0.3) is 0 Å². The van der Waals surface area contributed by atoms with Crippen LogP contribution >= 0.6 is 0 Å². The second kappa shape index (κ2) is 7.42. The van der Waals surface area contributed by atoms with Crippen molar-refractivity contribution in [2.24, 2.45) is 11.3 Å². The molecule has 0 saturated carbocycles. The number of hydrogen-bond acceptors (Lipinski definition) is 2. The summed E-state index contributed by atoms with van der Waals surface area (Å²) >= 11 is 0. The van der Waals surface area contributed by atoms with Crippen molar-refractivity contribution in [2.75, 3.05) is 20.3 Å². The van der Waals surface area contributed by atoms with Gasteiger partial charge in [-0.15, -0.1) is 0 Å². The average Bonchev–Trinajstić information content (AvgIpc) is 3.07. The van der Waals surface area contributed by atoms with Crippen LogP contribution in [0.25, 0.3) is 11.1 Å². The van der Waals surface area contributed by atoms with Crippen molar-refractivity contribution in [2.45, 2.75) is 52.5 Å². The van der Waals surface area contributed by atoms with Crippen LogP contribution in [0, 0.1) is 18.3 Å². The molecule has 4 heteroatoms. The van der Waals surface area contributed by atoms with Gasteiger partial charge in [0.1, 0.15) is 0 Å². The van der Waals surface area contributed by atoms with Crippen LogP contribution in [0.4, 0.5) is 4.79 Å². The first kappa shape index (κ1) is 20.9. The number of nitrogens with zero attached hydrogens (tertiary/aromatic N) is 1. The zero-order chi connectivity index (χ0) is 21.7. The molecular weight excluding hydrogens is 374 g/mol. The van der Waals surface area contributed by atoms with E-state index in [1.807, 2.05) is 0 Å². The Hall–Kier alpha value is -2.33. The summed E-state index contributed by atoms with van der Waals surface area (Å²) in [4.78, 5) is 14.3. The molecule has 1 heterocycles. The summed E-state index contributed by atoms with van der Waals surface area (Å²) in [5.74, 6) is 0.338. The minimum absolute atomic E-state index is 0.268. The first-order chi connectivity index (χ1) is 14.2. The number of carbonyl (C=O) groups is 1. The lowest BCUT2D eigenvalue weighted by atomic mass is 9.61. The molecule has 2 aliphatic rings. The van der Waals surface area contributed by atoms with E-state index in [2.05, 4.69) is 64.1 Å². The SMILES string of the molecule is COCC1CCN(C(=O)O)C(c2ccc(C)c3c2Cc2ccccc2-3)(C(C)(C)C)C1. The lowest BCUT2D eigenvalue weighted by molar-refractivity contribution is -0.0590. The summed E-state index contributed by atoms with van der Waals surface area (Å²) < 4.78 is 5.52. The van der Waals surface area contributed by atoms with Crippen molar-refractivity contribution in [3.63, 3.8) is 0 Å². The lowest BCUT2D eigenvalue weighted by Crippen LogP contribution is -2.61. The topological polar surface area (TPSA) is 49.8 Å². The summed E-state index contributed by atoms with van der Waals surface area (Å²) in [5.41, 5.74) is 6.79. The van der Waals surface area contributed by atoms with Crippen LogP contribution in [0.15, 0.2) is 36.4 Å². The van der Waals surface area contributed by atoms with E-state index in [9.17, 15) is 9.90 Å².